The Bertz CT molecular complexity index is 1930. The van der Waals surface area contributed by atoms with Gasteiger partial charge in [-0.2, -0.15) is 15.0 Å². The van der Waals surface area contributed by atoms with Gasteiger partial charge >= 0.3 is 32.4 Å². The number of hydrogen-bond acceptors (Lipinski definition) is 16. The maximum absolute atomic E-state index is 12.8. The largest absolute Gasteiger partial charge is 0.459 e. The molecule has 0 bridgehead atoms. The first-order chi connectivity index (χ1) is 29.7. The highest BCUT2D eigenvalue weighted by Gasteiger charge is 2.39. The van der Waals surface area contributed by atoms with Crippen molar-refractivity contribution in [1.29, 1.82) is 0 Å². The second-order valence-electron chi connectivity index (χ2n) is 18.3. The van der Waals surface area contributed by atoms with Crippen molar-refractivity contribution in [3.8, 4) is 0 Å². The van der Waals surface area contributed by atoms with Gasteiger partial charge in [0.2, 0.25) is 17.8 Å². The second-order valence-corrected chi connectivity index (χ2v) is 31.2. The molecule has 0 aliphatic heterocycles. The quantitative estimate of drug-likeness (QED) is 0.0154. The number of anilines is 5. The molecule has 3 rings (SSSR count). The highest BCUT2D eigenvalue weighted by Crippen LogP contribution is 2.26. The van der Waals surface area contributed by atoms with Gasteiger partial charge in [-0.3, -0.25) is 0 Å². The van der Waals surface area contributed by atoms with Crippen molar-refractivity contribution in [2.24, 2.45) is 0 Å². The van der Waals surface area contributed by atoms with Crippen molar-refractivity contribution in [2.75, 3.05) is 22.5 Å². The predicted molar refractivity (Wildman–Crippen MR) is 259 cm³/mol. The van der Waals surface area contributed by atoms with Gasteiger partial charge in [0, 0.05) is 17.9 Å². The fourth-order valence-electron chi connectivity index (χ4n) is 6.02. The molecule has 16 nitrogen and oxygen atoms in total. The van der Waals surface area contributed by atoms with E-state index >= 15 is 0 Å². The summed E-state index contributed by atoms with van der Waals surface area (Å²) >= 11 is 0. The number of carbonyl (C=O) groups excluding carboxylic acids is 4. The lowest BCUT2D eigenvalue weighted by atomic mass is 10.1. The van der Waals surface area contributed by atoms with E-state index in [9.17, 15) is 19.2 Å². The summed E-state index contributed by atoms with van der Waals surface area (Å²) in [6, 6.07) is 14.7. The van der Waals surface area contributed by atoms with Crippen LogP contribution in [0.1, 0.15) is 72.9 Å². The standard InChI is InChI=1S/C45H68N6O10Si3/c1-29(2)56-39(52)37(40(53)57-30(3)4)27-33-17-21-35(22-18-33)47-44-49-43(46-25-16-26-64(15,60-62(9,10)11)61-63(12,13)14)50-45(51-44)48-36-23-19-34(20-24-36)28-38(41(54)58-31(5)6)42(55)59-32(7)8/h17-24,27-32H,16,25-26H2,1-15H3,(H3,46,47,48,49,50,51). The number of benzene rings is 2. The molecule has 2 aromatic carbocycles. The van der Waals surface area contributed by atoms with Crippen molar-refractivity contribution in [2.45, 2.75) is 138 Å². The molecule has 64 heavy (non-hydrogen) atoms. The van der Waals surface area contributed by atoms with Crippen LogP contribution in [0.4, 0.5) is 29.2 Å². The van der Waals surface area contributed by atoms with E-state index in [1.807, 2.05) is 0 Å². The van der Waals surface area contributed by atoms with Crippen molar-refractivity contribution in [3.05, 3.63) is 70.8 Å². The van der Waals surface area contributed by atoms with Gasteiger partial charge in [-0.1, -0.05) is 24.3 Å². The van der Waals surface area contributed by atoms with Crippen LogP contribution in [0.3, 0.4) is 0 Å². The average molecular weight is 937 g/mol. The fourth-order valence-corrected chi connectivity index (χ4v) is 18.6. The number of ether oxygens (including phenoxy) is 4. The molecule has 19 heteroatoms. The van der Waals surface area contributed by atoms with Gasteiger partial charge in [0.15, 0.2) is 16.6 Å². The van der Waals surface area contributed by atoms with Gasteiger partial charge in [-0.15, -0.1) is 0 Å². The van der Waals surface area contributed by atoms with Crippen LogP contribution in [0.25, 0.3) is 12.2 Å². The summed E-state index contributed by atoms with van der Waals surface area (Å²) in [5.41, 5.74) is 1.91. The summed E-state index contributed by atoms with van der Waals surface area (Å²) in [4.78, 5) is 65.3. The molecule has 0 amide bonds. The van der Waals surface area contributed by atoms with Gasteiger partial charge < -0.3 is 43.1 Å². The molecular weight excluding hydrogens is 869 g/mol. The Morgan fingerprint density at radius 2 is 0.828 bits per heavy atom. The van der Waals surface area contributed by atoms with E-state index in [4.69, 9.17) is 27.2 Å². The normalized spacial score (nSPS) is 11.9. The molecule has 3 aromatic rings. The highest BCUT2D eigenvalue weighted by molar-refractivity contribution is 6.87. The molecule has 0 unspecified atom stereocenters. The Kier molecular flexibility index (Phi) is 19.6. The number of aromatic nitrogens is 3. The van der Waals surface area contributed by atoms with E-state index in [0.29, 0.717) is 35.0 Å². The summed E-state index contributed by atoms with van der Waals surface area (Å²) in [6.45, 7) is 29.4. The maximum Gasteiger partial charge on any atom is 0.345 e. The van der Waals surface area contributed by atoms with Crippen LogP contribution in [-0.4, -0.2) is 95.0 Å². The minimum Gasteiger partial charge on any atom is -0.459 e. The molecule has 1 heterocycles. The first-order valence-electron chi connectivity index (χ1n) is 21.6. The minimum atomic E-state index is -2.47. The molecule has 3 N–H and O–H groups in total. The van der Waals surface area contributed by atoms with E-state index in [0.717, 1.165) is 12.5 Å². The summed E-state index contributed by atoms with van der Waals surface area (Å²) in [6.07, 6.45) is 1.90. The van der Waals surface area contributed by atoms with Gasteiger partial charge in [0.05, 0.1) is 24.4 Å². The molecule has 0 atom stereocenters. The van der Waals surface area contributed by atoms with Crippen LogP contribution in [-0.2, 0) is 46.4 Å². The number of rotatable bonds is 23. The molecule has 0 fully saturated rings. The summed E-state index contributed by atoms with van der Waals surface area (Å²) < 4.78 is 34.6. The third kappa shape index (κ3) is 19.7. The number of carbonyl (C=O) groups is 4. The van der Waals surface area contributed by atoms with Crippen LogP contribution in [0, 0.1) is 0 Å². The lowest BCUT2D eigenvalue weighted by Crippen LogP contribution is -2.52. The highest BCUT2D eigenvalue weighted by atomic mass is 28.5. The van der Waals surface area contributed by atoms with E-state index < -0.39 is 73.5 Å². The Labute approximate surface area is 381 Å². The van der Waals surface area contributed by atoms with E-state index in [-0.39, 0.29) is 23.0 Å². The number of nitrogens with one attached hydrogen (secondary N) is 3. The van der Waals surface area contributed by atoms with Crippen molar-refractivity contribution in [3.63, 3.8) is 0 Å². The Balaban J connectivity index is 1.95. The molecule has 1 aromatic heterocycles. The zero-order valence-corrected chi connectivity index (χ0v) is 43.1. The van der Waals surface area contributed by atoms with Crippen molar-refractivity contribution < 1.29 is 46.4 Å². The molecule has 0 aliphatic rings. The molecule has 350 valence electrons. The maximum atomic E-state index is 12.8. The van der Waals surface area contributed by atoms with Gasteiger partial charge in [-0.05, 0) is 161 Å². The van der Waals surface area contributed by atoms with Crippen molar-refractivity contribution in [1.82, 2.24) is 15.0 Å². The topological polar surface area (TPSA) is 198 Å². The Morgan fingerprint density at radius 1 is 0.516 bits per heavy atom. The lowest BCUT2D eigenvalue weighted by Gasteiger charge is -2.38. The van der Waals surface area contributed by atoms with E-state index in [1.165, 1.54) is 12.2 Å². The van der Waals surface area contributed by atoms with Gasteiger partial charge in [0.1, 0.15) is 11.1 Å². The minimum absolute atomic E-state index is 0.221. The smallest absolute Gasteiger partial charge is 0.345 e. The fraction of sp³-hybridized carbons (Fsp3) is 0.489. The molecule has 0 saturated carbocycles. The number of nitrogens with zero attached hydrogens (tertiary/aromatic N) is 3. The summed E-state index contributed by atoms with van der Waals surface area (Å²) in [5, 5.41) is 9.81. The molecule has 0 radical (unpaired) electrons. The van der Waals surface area contributed by atoms with E-state index in [2.05, 4.69) is 76.7 Å². The average Bonchev–Trinajstić information content (AvgIpc) is 3.13. The van der Waals surface area contributed by atoms with Crippen LogP contribution in [0.5, 0.6) is 0 Å². The monoisotopic (exact) mass is 936 g/mol. The van der Waals surface area contributed by atoms with Crippen LogP contribution in [0.15, 0.2) is 59.7 Å². The predicted octanol–water partition coefficient (Wildman–Crippen LogP) is 9.51. The molecule has 0 aliphatic carbocycles. The zero-order valence-electron chi connectivity index (χ0n) is 40.1. The third-order valence-corrected chi connectivity index (χ3v) is 17.6. The lowest BCUT2D eigenvalue weighted by molar-refractivity contribution is -0.152. The Morgan fingerprint density at radius 3 is 1.12 bits per heavy atom. The third-order valence-electron chi connectivity index (χ3n) is 7.98. The van der Waals surface area contributed by atoms with Crippen molar-refractivity contribution >= 4 is 90.4 Å². The summed E-state index contributed by atoms with van der Waals surface area (Å²) in [5.74, 6) is -2.34. The Hall–Kier alpha value is -5.22. The second kappa shape index (κ2) is 23.6. The summed E-state index contributed by atoms with van der Waals surface area (Å²) in [7, 11) is -6.22. The first kappa shape index (κ1) is 53.1. The van der Waals surface area contributed by atoms with E-state index in [1.54, 1.807) is 104 Å². The number of hydrogen-bond donors (Lipinski definition) is 3. The van der Waals surface area contributed by atoms with Gasteiger partial charge in [0.25, 0.3) is 0 Å². The first-order valence-corrected chi connectivity index (χ1v) is 30.9. The molecular formula is C45H68N6O10Si3. The van der Waals surface area contributed by atoms with Crippen LogP contribution in [0.2, 0.25) is 51.9 Å². The molecule has 0 saturated heterocycles. The van der Waals surface area contributed by atoms with Crippen LogP contribution >= 0.6 is 0 Å². The van der Waals surface area contributed by atoms with Crippen LogP contribution < -0.4 is 16.0 Å². The van der Waals surface area contributed by atoms with Gasteiger partial charge in [-0.25, -0.2) is 19.2 Å². The number of esters is 4. The molecule has 0 spiro atoms. The SMILES string of the molecule is CC(C)OC(=O)C(=Cc1ccc(Nc2nc(NCCC[Si](C)(O[Si](C)(C)C)O[Si](C)(C)C)nc(Nc3ccc(C=C(C(=O)OC(C)C)C(=O)OC(C)C)cc3)n2)cc1)C(=O)OC(C)C. The zero-order chi connectivity index (χ0) is 48.0.